The Balaban J connectivity index is 1.91. The summed E-state index contributed by atoms with van der Waals surface area (Å²) in [4.78, 5) is 0. The van der Waals surface area contributed by atoms with Crippen molar-refractivity contribution in [1.82, 2.24) is 5.32 Å². The van der Waals surface area contributed by atoms with Gasteiger partial charge in [-0.05, 0) is 49.8 Å². The molecule has 0 bridgehead atoms. The molecule has 2 heteroatoms. The molecule has 0 aromatic heterocycles. The van der Waals surface area contributed by atoms with Gasteiger partial charge in [0.2, 0.25) is 0 Å². The molecule has 2 aliphatic rings. The minimum atomic E-state index is 0.281. The predicted octanol–water partition coefficient (Wildman–Crippen LogP) is 4.17. The normalized spacial score (nSPS) is 21.9. The second-order valence-corrected chi connectivity index (χ2v) is 6.43. The average Bonchev–Trinajstić information content (AvgIpc) is 2.51. The van der Waals surface area contributed by atoms with Gasteiger partial charge in [-0.15, -0.1) is 0 Å². The number of hydrogen-bond acceptors (Lipinski definition) is 2. The fourth-order valence-corrected chi connectivity index (χ4v) is 3.84. The molecule has 1 unspecified atom stereocenters. The summed E-state index contributed by atoms with van der Waals surface area (Å²) < 4.78 is 5.64. The van der Waals surface area contributed by atoms with E-state index in [4.69, 9.17) is 4.74 Å². The molecule has 0 radical (unpaired) electrons. The maximum absolute atomic E-state index is 5.64. The molecule has 1 aromatic rings. The van der Waals surface area contributed by atoms with Crippen LogP contribution < -0.4 is 5.32 Å². The highest BCUT2D eigenvalue weighted by atomic mass is 16.5. The lowest BCUT2D eigenvalue weighted by Gasteiger charge is -2.50. The van der Waals surface area contributed by atoms with Crippen molar-refractivity contribution in [3.63, 3.8) is 0 Å². The van der Waals surface area contributed by atoms with E-state index in [0.29, 0.717) is 6.04 Å². The minimum absolute atomic E-state index is 0.281. The summed E-state index contributed by atoms with van der Waals surface area (Å²) >= 11 is 0. The van der Waals surface area contributed by atoms with Crippen LogP contribution in [0.2, 0.25) is 0 Å². The van der Waals surface area contributed by atoms with Crippen LogP contribution in [0.25, 0.3) is 0 Å². The van der Waals surface area contributed by atoms with Crippen molar-refractivity contribution in [2.45, 2.75) is 56.9 Å². The van der Waals surface area contributed by atoms with E-state index >= 15 is 0 Å². The lowest BCUT2D eigenvalue weighted by molar-refractivity contribution is 0.165. The zero-order valence-electron chi connectivity index (χ0n) is 13.1. The fraction of sp³-hybridized carbons (Fsp3) is 0.579. The zero-order chi connectivity index (χ0) is 14.5. The van der Waals surface area contributed by atoms with Crippen LogP contribution in [-0.4, -0.2) is 19.2 Å². The standard InChI is InChI=1S/C19H27NO/c1-2-13-20-18(16-8-6-14-21-15-16)19(11-7-12-19)17-9-4-3-5-10-17/h3-5,9-10,15,18,20H,2,6-8,11-14H2,1H3. The molecule has 0 amide bonds. The molecule has 2 nitrogen and oxygen atoms in total. The Morgan fingerprint density at radius 2 is 2.00 bits per heavy atom. The minimum Gasteiger partial charge on any atom is -0.501 e. The summed E-state index contributed by atoms with van der Waals surface area (Å²) in [6.45, 7) is 4.20. The topological polar surface area (TPSA) is 21.3 Å². The Kier molecular flexibility index (Phi) is 4.64. The monoisotopic (exact) mass is 285 g/mol. The largest absolute Gasteiger partial charge is 0.501 e. The second-order valence-electron chi connectivity index (χ2n) is 6.43. The van der Waals surface area contributed by atoms with Gasteiger partial charge in [0.05, 0.1) is 12.9 Å². The molecular weight excluding hydrogens is 258 g/mol. The molecule has 0 spiro atoms. The molecule has 1 aliphatic carbocycles. The molecule has 1 aliphatic heterocycles. The Morgan fingerprint density at radius 3 is 2.57 bits per heavy atom. The molecule has 21 heavy (non-hydrogen) atoms. The Labute approximate surface area is 128 Å². The molecule has 1 heterocycles. The molecule has 0 saturated heterocycles. The first-order valence-electron chi connectivity index (χ1n) is 8.46. The van der Waals surface area contributed by atoms with E-state index < -0.39 is 0 Å². The van der Waals surface area contributed by atoms with Gasteiger partial charge in [0, 0.05) is 11.5 Å². The SMILES string of the molecule is CCCNC(C1=COCCC1)C1(c2ccccc2)CCC1. The van der Waals surface area contributed by atoms with Gasteiger partial charge in [-0.2, -0.15) is 0 Å². The molecule has 3 rings (SSSR count). The molecule has 1 atom stereocenters. The highest BCUT2D eigenvalue weighted by Crippen LogP contribution is 2.49. The Hall–Kier alpha value is -1.28. The van der Waals surface area contributed by atoms with E-state index in [1.807, 2.05) is 6.26 Å². The third kappa shape index (κ3) is 2.87. The lowest BCUT2D eigenvalue weighted by atomic mass is 9.58. The van der Waals surface area contributed by atoms with Crippen LogP contribution in [0.3, 0.4) is 0 Å². The van der Waals surface area contributed by atoms with E-state index in [9.17, 15) is 0 Å². The van der Waals surface area contributed by atoms with E-state index in [1.165, 1.54) is 43.2 Å². The third-order valence-electron chi connectivity index (χ3n) is 5.08. The van der Waals surface area contributed by atoms with Gasteiger partial charge in [-0.1, -0.05) is 43.7 Å². The summed E-state index contributed by atoms with van der Waals surface area (Å²) in [5, 5.41) is 3.83. The number of nitrogens with one attached hydrogen (secondary N) is 1. The molecule has 1 fully saturated rings. The summed E-state index contributed by atoms with van der Waals surface area (Å²) in [7, 11) is 0. The molecule has 114 valence electrons. The van der Waals surface area contributed by atoms with Gasteiger partial charge in [-0.3, -0.25) is 0 Å². The smallest absolute Gasteiger partial charge is 0.0876 e. The number of benzene rings is 1. The Bertz CT molecular complexity index is 476. The van der Waals surface area contributed by atoms with Gasteiger partial charge in [0.25, 0.3) is 0 Å². The first kappa shape index (κ1) is 14.6. The summed E-state index contributed by atoms with van der Waals surface area (Å²) in [6.07, 6.45) is 9.46. The quantitative estimate of drug-likeness (QED) is 0.847. The van der Waals surface area contributed by atoms with Gasteiger partial charge < -0.3 is 10.1 Å². The van der Waals surface area contributed by atoms with Crippen LogP contribution >= 0.6 is 0 Å². The van der Waals surface area contributed by atoms with Crippen molar-refractivity contribution >= 4 is 0 Å². The summed E-state index contributed by atoms with van der Waals surface area (Å²) in [5.74, 6) is 0. The molecule has 1 saturated carbocycles. The summed E-state index contributed by atoms with van der Waals surface area (Å²) in [6, 6.07) is 11.5. The van der Waals surface area contributed by atoms with Crippen molar-refractivity contribution in [1.29, 1.82) is 0 Å². The van der Waals surface area contributed by atoms with Gasteiger partial charge in [0.1, 0.15) is 0 Å². The highest BCUT2D eigenvalue weighted by Gasteiger charge is 2.46. The molecular formula is C19H27NO. The maximum Gasteiger partial charge on any atom is 0.0876 e. The van der Waals surface area contributed by atoms with Crippen LogP contribution in [0.15, 0.2) is 42.2 Å². The van der Waals surface area contributed by atoms with Crippen LogP contribution in [0.5, 0.6) is 0 Å². The Morgan fingerprint density at radius 1 is 1.19 bits per heavy atom. The van der Waals surface area contributed by atoms with Crippen LogP contribution in [0, 0.1) is 0 Å². The van der Waals surface area contributed by atoms with Gasteiger partial charge in [0.15, 0.2) is 0 Å². The summed E-state index contributed by atoms with van der Waals surface area (Å²) in [5.41, 5.74) is 3.25. The van der Waals surface area contributed by atoms with Crippen LogP contribution in [0.1, 0.15) is 51.0 Å². The second kappa shape index (κ2) is 6.65. The first-order valence-corrected chi connectivity index (χ1v) is 8.46. The fourth-order valence-electron chi connectivity index (χ4n) is 3.84. The highest BCUT2D eigenvalue weighted by molar-refractivity contribution is 5.35. The van der Waals surface area contributed by atoms with Gasteiger partial charge >= 0.3 is 0 Å². The number of rotatable bonds is 6. The average molecular weight is 285 g/mol. The first-order chi connectivity index (χ1) is 10.4. The molecule has 1 N–H and O–H groups in total. The van der Waals surface area contributed by atoms with Crippen LogP contribution in [-0.2, 0) is 10.2 Å². The van der Waals surface area contributed by atoms with Crippen molar-refractivity contribution in [3.05, 3.63) is 47.7 Å². The van der Waals surface area contributed by atoms with Crippen LogP contribution in [0.4, 0.5) is 0 Å². The predicted molar refractivity (Wildman–Crippen MR) is 87.3 cm³/mol. The number of hydrogen-bond donors (Lipinski definition) is 1. The lowest BCUT2D eigenvalue weighted by Crippen LogP contribution is -2.54. The van der Waals surface area contributed by atoms with E-state index in [1.54, 1.807) is 0 Å². The van der Waals surface area contributed by atoms with E-state index in [0.717, 1.165) is 19.6 Å². The van der Waals surface area contributed by atoms with Crippen molar-refractivity contribution in [2.24, 2.45) is 0 Å². The van der Waals surface area contributed by atoms with E-state index in [2.05, 4.69) is 42.6 Å². The molecule has 1 aromatic carbocycles. The van der Waals surface area contributed by atoms with Crippen molar-refractivity contribution < 1.29 is 4.74 Å². The number of ether oxygens (including phenoxy) is 1. The van der Waals surface area contributed by atoms with Crippen molar-refractivity contribution in [3.8, 4) is 0 Å². The van der Waals surface area contributed by atoms with Gasteiger partial charge in [-0.25, -0.2) is 0 Å². The van der Waals surface area contributed by atoms with E-state index in [-0.39, 0.29) is 5.41 Å². The van der Waals surface area contributed by atoms with Crippen molar-refractivity contribution in [2.75, 3.05) is 13.2 Å². The maximum atomic E-state index is 5.64. The zero-order valence-corrected chi connectivity index (χ0v) is 13.1. The third-order valence-corrected chi connectivity index (χ3v) is 5.08.